The first kappa shape index (κ1) is 16.6. The van der Waals surface area contributed by atoms with E-state index in [0.717, 1.165) is 55.5 Å². The molecule has 0 bridgehead atoms. The highest BCUT2D eigenvalue weighted by Crippen LogP contribution is 2.27. The van der Waals surface area contributed by atoms with E-state index >= 15 is 0 Å². The Morgan fingerprint density at radius 1 is 1.25 bits per heavy atom. The molecule has 1 atom stereocenters. The van der Waals surface area contributed by atoms with Crippen LogP contribution in [0.15, 0.2) is 22.7 Å². The summed E-state index contributed by atoms with van der Waals surface area (Å²) in [4.78, 5) is 6.64. The van der Waals surface area contributed by atoms with Crippen LogP contribution in [0.4, 0.5) is 5.69 Å². The van der Waals surface area contributed by atoms with Gasteiger partial charge < -0.3 is 19.3 Å². The number of rotatable bonds is 6. The Labute approximate surface area is 141 Å². The number of nitrogens with one attached hydrogen (secondary N) is 1. The standard InChI is InChI=1S/C17H24N4O3/c1-12-18-17(20-24-12)11-21-6-4-5-13(10-21)19-14-7-15(22-2)9-16(8-14)23-3/h7-9,13,19H,4-6,10-11H2,1-3H3/t13-/m0/s1. The Morgan fingerprint density at radius 2 is 2.00 bits per heavy atom. The fourth-order valence-corrected chi connectivity index (χ4v) is 3.05. The minimum atomic E-state index is 0.364. The summed E-state index contributed by atoms with van der Waals surface area (Å²) in [5.41, 5.74) is 1.01. The Morgan fingerprint density at radius 3 is 2.62 bits per heavy atom. The van der Waals surface area contributed by atoms with Crippen LogP contribution in [0.25, 0.3) is 0 Å². The first-order valence-corrected chi connectivity index (χ1v) is 8.17. The predicted molar refractivity (Wildman–Crippen MR) is 90.5 cm³/mol. The molecule has 0 radical (unpaired) electrons. The van der Waals surface area contributed by atoms with Crippen molar-refractivity contribution in [3.05, 3.63) is 29.9 Å². The van der Waals surface area contributed by atoms with Gasteiger partial charge in [0.2, 0.25) is 5.89 Å². The van der Waals surface area contributed by atoms with E-state index < -0.39 is 0 Å². The van der Waals surface area contributed by atoms with Gasteiger partial charge in [0.1, 0.15) is 11.5 Å². The summed E-state index contributed by atoms with van der Waals surface area (Å²) in [6.07, 6.45) is 2.26. The molecule has 1 fully saturated rings. The number of anilines is 1. The van der Waals surface area contributed by atoms with Crippen molar-refractivity contribution >= 4 is 5.69 Å². The highest BCUT2D eigenvalue weighted by atomic mass is 16.5. The monoisotopic (exact) mass is 332 g/mol. The molecule has 1 aromatic heterocycles. The molecule has 0 aliphatic carbocycles. The van der Waals surface area contributed by atoms with Crippen LogP contribution in [0.1, 0.15) is 24.6 Å². The number of nitrogens with zero attached hydrogens (tertiary/aromatic N) is 3. The summed E-state index contributed by atoms with van der Waals surface area (Å²) in [5, 5.41) is 7.57. The summed E-state index contributed by atoms with van der Waals surface area (Å²) in [5.74, 6) is 2.93. The largest absolute Gasteiger partial charge is 0.497 e. The van der Waals surface area contributed by atoms with Gasteiger partial charge in [-0.15, -0.1) is 0 Å². The molecule has 130 valence electrons. The van der Waals surface area contributed by atoms with Gasteiger partial charge in [-0.25, -0.2) is 0 Å². The van der Waals surface area contributed by atoms with Gasteiger partial charge in [0.25, 0.3) is 0 Å². The summed E-state index contributed by atoms with van der Waals surface area (Å²) >= 11 is 0. The lowest BCUT2D eigenvalue weighted by atomic mass is 10.1. The van der Waals surface area contributed by atoms with E-state index in [9.17, 15) is 0 Å². The van der Waals surface area contributed by atoms with Gasteiger partial charge in [0.15, 0.2) is 5.82 Å². The van der Waals surface area contributed by atoms with Gasteiger partial charge in [-0.3, -0.25) is 4.90 Å². The highest BCUT2D eigenvalue weighted by Gasteiger charge is 2.21. The third-order valence-corrected chi connectivity index (χ3v) is 4.16. The van der Waals surface area contributed by atoms with Crippen LogP contribution < -0.4 is 14.8 Å². The molecule has 0 spiro atoms. The van der Waals surface area contributed by atoms with Gasteiger partial charge in [-0.05, 0) is 19.4 Å². The van der Waals surface area contributed by atoms with E-state index in [1.54, 1.807) is 14.2 Å². The van der Waals surface area contributed by atoms with Crippen molar-refractivity contribution < 1.29 is 14.0 Å². The number of hydrogen-bond acceptors (Lipinski definition) is 7. The number of aryl methyl sites for hydroxylation is 1. The van der Waals surface area contributed by atoms with E-state index in [4.69, 9.17) is 14.0 Å². The van der Waals surface area contributed by atoms with Crippen molar-refractivity contribution in [2.45, 2.75) is 32.4 Å². The molecule has 1 aromatic carbocycles. The summed E-state index contributed by atoms with van der Waals surface area (Å²) in [6, 6.07) is 6.22. The van der Waals surface area contributed by atoms with Crippen LogP contribution in [-0.2, 0) is 6.54 Å². The maximum absolute atomic E-state index is 5.33. The Hall–Kier alpha value is -2.28. The highest BCUT2D eigenvalue weighted by molar-refractivity contribution is 5.54. The van der Waals surface area contributed by atoms with Crippen LogP contribution in [-0.4, -0.2) is 48.4 Å². The van der Waals surface area contributed by atoms with Crippen molar-refractivity contribution in [1.82, 2.24) is 15.0 Å². The lowest BCUT2D eigenvalue weighted by Crippen LogP contribution is -2.41. The Bertz CT molecular complexity index is 651. The second kappa shape index (κ2) is 7.53. The van der Waals surface area contributed by atoms with Gasteiger partial charge >= 0.3 is 0 Å². The SMILES string of the molecule is COc1cc(N[C@H]2CCCN(Cc3noc(C)n3)C2)cc(OC)c1. The van der Waals surface area contributed by atoms with Crippen LogP contribution in [0, 0.1) is 6.92 Å². The first-order chi connectivity index (χ1) is 11.7. The molecule has 0 unspecified atom stereocenters. The molecule has 7 heteroatoms. The second-order valence-corrected chi connectivity index (χ2v) is 6.05. The van der Waals surface area contributed by atoms with Crippen molar-refractivity contribution in [3.63, 3.8) is 0 Å². The van der Waals surface area contributed by atoms with Gasteiger partial charge in [-0.2, -0.15) is 4.98 Å². The third-order valence-electron chi connectivity index (χ3n) is 4.16. The normalized spacial score (nSPS) is 18.4. The number of aromatic nitrogens is 2. The third kappa shape index (κ3) is 4.17. The molecule has 1 N–H and O–H groups in total. The van der Waals surface area contributed by atoms with Crippen molar-refractivity contribution in [3.8, 4) is 11.5 Å². The van der Waals surface area contributed by atoms with Crippen LogP contribution in [0.3, 0.4) is 0 Å². The number of ether oxygens (including phenoxy) is 2. The molecule has 0 saturated carbocycles. The van der Waals surface area contributed by atoms with E-state index in [-0.39, 0.29) is 0 Å². The second-order valence-electron chi connectivity index (χ2n) is 6.05. The Balaban J connectivity index is 1.62. The Kier molecular flexibility index (Phi) is 5.20. The van der Waals surface area contributed by atoms with Crippen molar-refractivity contribution in [1.29, 1.82) is 0 Å². The fourth-order valence-electron chi connectivity index (χ4n) is 3.05. The van der Waals surface area contributed by atoms with Gasteiger partial charge in [-0.1, -0.05) is 5.16 Å². The zero-order valence-corrected chi connectivity index (χ0v) is 14.4. The molecule has 0 amide bonds. The topological polar surface area (TPSA) is 72.7 Å². The molecular weight excluding hydrogens is 308 g/mol. The quantitative estimate of drug-likeness (QED) is 0.871. The lowest BCUT2D eigenvalue weighted by Gasteiger charge is -2.33. The summed E-state index contributed by atoms with van der Waals surface area (Å²) < 4.78 is 15.7. The van der Waals surface area contributed by atoms with E-state index in [1.165, 1.54) is 0 Å². The van der Waals surface area contributed by atoms with Crippen molar-refractivity contribution in [2.75, 3.05) is 32.6 Å². The van der Waals surface area contributed by atoms with Crippen LogP contribution in [0.2, 0.25) is 0 Å². The number of hydrogen-bond donors (Lipinski definition) is 1. The number of likely N-dealkylation sites (tertiary alicyclic amines) is 1. The molecule has 1 aliphatic heterocycles. The molecule has 1 aliphatic rings. The first-order valence-electron chi connectivity index (χ1n) is 8.17. The maximum atomic E-state index is 5.33. The molecule has 2 aromatic rings. The maximum Gasteiger partial charge on any atom is 0.223 e. The zero-order chi connectivity index (χ0) is 16.9. The minimum absolute atomic E-state index is 0.364. The minimum Gasteiger partial charge on any atom is -0.497 e. The molecule has 24 heavy (non-hydrogen) atoms. The van der Waals surface area contributed by atoms with E-state index in [1.807, 2.05) is 25.1 Å². The average molecular weight is 332 g/mol. The molecule has 1 saturated heterocycles. The zero-order valence-electron chi connectivity index (χ0n) is 14.4. The van der Waals surface area contributed by atoms with Crippen LogP contribution in [0.5, 0.6) is 11.5 Å². The van der Waals surface area contributed by atoms with Gasteiger partial charge in [0.05, 0.1) is 20.8 Å². The molecule has 3 rings (SSSR count). The average Bonchev–Trinajstić information content (AvgIpc) is 2.99. The van der Waals surface area contributed by atoms with E-state index in [2.05, 4.69) is 20.4 Å². The van der Waals surface area contributed by atoms with E-state index in [0.29, 0.717) is 11.9 Å². The molecule has 2 heterocycles. The fraction of sp³-hybridized carbons (Fsp3) is 0.529. The smallest absolute Gasteiger partial charge is 0.223 e. The lowest BCUT2D eigenvalue weighted by molar-refractivity contribution is 0.201. The summed E-state index contributed by atoms with van der Waals surface area (Å²) in [7, 11) is 3.32. The molecule has 7 nitrogen and oxygen atoms in total. The van der Waals surface area contributed by atoms with Crippen LogP contribution >= 0.6 is 0 Å². The number of benzene rings is 1. The predicted octanol–water partition coefficient (Wildman–Crippen LogP) is 2.47. The molecular formula is C17H24N4O3. The van der Waals surface area contributed by atoms with Gasteiger partial charge in [0, 0.05) is 43.4 Å². The number of piperidine rings is 1. The van der Waals surface area contributed by atoms with Crippen molar-refractivity contribution in [2.24, 2.45) is 0 Å². The number of methoxy groups -OCH3 is 2. The summed E-state index contributed by atoms with van der Waals surface area (Å²) in [6.45, 7) is 4.52.